The van der Waals surface area contributed by atoms with Crippen molar-refractivity contribution in [2.45, 2.75) is 0 Å². The Labute approximate surface area is 125 Å². The second kappa shape index (κ2) is 6.76. The Bertz CT molecular complexity index is 654. The Hall–Kier alpha value is -2.54. The number of amides is 1. The van der Waals surface area contributed by atoms with Gasteiger partial charge >= 0.3 is 5.97 Å². The van der Waals surface area contributed by atoms with Crippen LogP contribution in [0.25, 0.3) is 0 Å². The first kappa shape index (κ1) is 14.9. The highest BCUT2D eigenvalue weighted by Crippen LogP contribution is 2.23. The zero-order valence-corrected chi connectivity index (χ0v) is 12.1. The van der Waals surface area contributed by atoms with Gasteiger partial charge in [0.2, 0.25) is 0 Å². The van der Waals surface area contributed by atoms with E-state index in [0.29, 0.717) is 22.0 Å². The number of nitrogen functional groups attached to an aromatic ring is 1. The molecule has 0 radical (unpaired) electrons. The zero-order valence-electron chi connectivity index (χ0n) is 11.3. The molecule has 1 amide bonds. The molecule has 0 atom stereocenters. The van der Waals surface area contributed by atoms with Crippen molar-refractivity contribution in [3.8, 4) is 5.75 Å². The SMILES string of the molecule is COC(=O)c1sccc1NC(=O)COc1ccccc1N. The van der Waals surface area contributed by atoms with Gasteiger partial charge in [-0.2, -0.15) is 0 Å². The number of nitrogens with one attached hydrogen (secondary N) is 1. The lowest BCUT2D eigenvalue weighted by Crippen LogP contribution is -2.21. The summed E-state index contributed by atoms with van der Waals surface area (Å²) in [7, 11) is 1.29. The van der Waals surface area contributed by atoms with Crippen molar-refractivity contribution >= 4 is 34.6 Å². The molecular weight excluding hydrogens is 292 g/mol. The van der Waals surface area contributed by atoms with Gasteiger partial charge in [0.15, 0.2) is 6.61 Å². The third-order valence-corrected chi connectivity index (χ3v) is 3.48. The molecule has 1 aromatic carbocycles. The molecule has 0 aliphatic rings. The molecule has 6 nitrogen and oxygen atoms in total. The molecule has 0 saturated carbocycles. The third-order valence-electron chi connectivity index (χ3n) is 2.59. The predicted molar refractivity (Wildman–Crippen MR) is 80.6 cm³/mol. The number of thiophene rings is 1. The van der Waals surface area contributed by atoms with Gasteiger partial charge in [-0.05, 0) is 23.6 Å². The van der Waals surface area contributed by atoms with Gasteiger partial charge in [0.25, 0.3) is 5.91 Å². The van der Waals surface area contributed by atoms with Crippen LogP contribution in [0.3, 0.4) is 0 Å². The van der Waals surface area contributed by atoms with Crippen molar-refractivity contribution in [1.29, 1.82) is 0 Å². The molecule has 1 aromatic heterocycles. The average molecular weight is 306 g/mol. The highest BCUT2D eigenvalue weighted by molar-refractivity contribution is 7.12. The van der Waals surface area contributed by atoms with Crippen molar-refractivity contribution in [1.82, 2.24) is 0 Å². The van der Waals surface area contributed by atoms with Crippen LogP contribution >= 0.6 is 11.3 Å². The molecule has 2 aromatic rings. The van der Waals surface area contributed by atoms with E-state index in [1.54, 1.807) is 35.7 Å². The largest absolute Gasteiger partial charge is 0.482 e. The number of anilines is 2. The number of esters is 1. The van der Waals surface area contributed by atoms with Crippen LogP contribution in [0.5, 0.6) is 5.75 Å². The molecule has 110 valence electrons. The van der Waals surface area contributed by atoms with Crippen LogP contribution in [-0.4, -0.2) is 25.6 Å². The zero-order chi connectivity index (χ0) is 15.2. The first-order chi connectivity index (χ1) is 10.1. The standard InChI is InChI=1S/C14H14N2O4S/c1-19-14(18)13-10(6-7-21-13)16-12(17)8-20-11-5-3-2-4-9(11)15/h2-7H,8,15H2,1H3,(H,16,17). The van der Waals surface area contributed by atoms with E-state index in [4.69, 9.17) is 10.5 Å². The molecule has 0 fully saturated rings. The Morgan fingerprint density at radius 2 is 2.05 bits per heavy atom. The number of methoxy groups -OCH3 is 1. The fourth-order valence-electron chi connectivity index (χ4n) is 1.60. The molecule has 1 heterocycles. The van der Waals surface area contributed by atoms with Crippen molar-refractivity contribution in [3.63, 3.8) is 0 Å². The number of nitrogens with two attached hydrogens (primary N) is 1. The molecule has 21 heavy (non-hydrogen) atoms. The first-order valence-corrected chi connectivity index (χ1v) is 6.92. The van der Waals surface area contributed by atoms with Gasteiger partial charge in [0.05, 0.1) is 18.5 Å². The van der Waals surface area contributed by atoms with E-state index < -0.39 is 5.97 Å². The molecular formula is C14H14N2O4S. The highest BCUT2D eigenvalue weighted by atomic mass is 32.1. The van der Waals surface area contributed by atoms with Gasteiger partial charge in [-0.25, -0.2) is 4.79 Å². The summed E-state index contributed by atoms with van der Waals surface area (Å²) in [6.45, 7) is -0.204. The number of hydrogen-bond donors (Lipinski definition) is 2. The summed E-state index contributed by atoms with van der Waals surface area (Å²) >= 11 is 1.19. The first-order valence-electron chi connectivity index (χ1n) is 6.04. The van der Waals surface area contributed by atoms with Crippen LogP contribution in [0.4, 0.5) is 11.4 Å². The fourth-order valence-corrected chi connectivity index (χ4v) is 2.37. The lowest BCUT2D eigenvalue weighted by Gasteiger charge is -2.09. The number of ether oxygens (including phenoxy) is 2. The number of para-hydroxylation sites is 2. The van der Waals surface area contributed by atoms with Crippen LogP contribution in [0.1, 0.15) is 9.67 Å². The Morgan fingerprint density at radius 3 is 2.76 bits per heavy atom. The van der Waals surface area contributed by atoms with Crippen LogP contribution in [0.15, 0.2) is 35.7 Å². The number of benzene rings is 1. The lowest BCUT2D eigenvalue weighted by atomic mass is 10.3. The minimum Gasteiger partial charge on any atom is -0.482 e. The molecule has 0 spiro atoms. The van der Waals surface area contributed by atoms with E-state index in [-0.39, 0.29) is 12.5 Å². The molecule has 0 aliphatic heterocycles. The Balaban J connectivity index is 1.95. The minimum atomic E-state index is -0.492. The second-order valence-corrected chi connectivity index (χ2v) is 4.95. The van der Waals surface area contributed by atoms with Gasteiger partial charge in [0.1, 0.15) is 10.6 Å². The minimum absolute atomic E-state index is 0.204. The molecule has 0 bridgehead atoms. The topological polar surface area (TPSA) is 90.6 Å². The smallest absolute Gasteiger partial charge is 0.350 e. The normalized spacial score (nSPS) is 9.95. The maximum atomic E-state index is 11.8. The van der Waals surface area contributed by atoms with Crippen LogP contribution < -0.4 is 15.8 Å². The molecule has 0 unspecified atom stereocenters. The third kappa shape index (κ3) is 3.73. The van der Waals surface area contributed by atoms with Crippen molar-refractivity contribution < 1.29 is 19.1 Å². The average Bonchev–Trinajstić information content (AvgIpc) is 2.93. The molecule has 7 heteroatoms. The summed E-state index contributed by atoms with van der Waals surface area (Å²) < 4.78 is 9.96. The number of rotatable bonds is 5. The predicted octanol–water partition coefficient (Wildman–Crippen LogP) is 2.13. The lowest BCUT2D eigenvalue weighted by molar-refractivity contribution is -0.118. The van der Waals surface area contributed by atoms with E-state index in [9.17, 15) is 9.59 Å². The van der Waals surface area contributed by atoms with E-state index in [1.165, 1.54) is 18.4 Å². The van der Waals surface area contributed by atoms with Crippen molar-refractivity contribution in [2.24, 2.45) is 0 Å². The monoisotopic (exact) mass is 306 g/mol. The van der Waals surface area contributed by atoms with Crippen LogP contribution in [-0.2, 0) is 9.53 Å². The van der Waals surface area contributed by atoms with Gasteiger partial charge in [-0.3, -0.25) is 4.79 Å². The maximum absolute atomic E-state index is 11.8. The highest BCUT2D eigenvalue weighted by Gasteiger charge is 2.15. The van der Waals surface area contributed by atoms with Crippen LogP contribution in [0.2, 0.25) is 0 Å². The summed E-state index contributed by atoms with van der Waals surface area (Å²) in [5.41, 5.74) is 6.57. The number of carbonyl (C=O) groups excluding carboxylic acids is 2. The Morgan fingerprint density at radius 1 is 1.29 bits per heavy atom. The second-order valence-electron chi connectivity index (χ2n) is 4.03. The van der Waals surface area contributed by atoms with Gasteiger partial charge in [-0.1, -0.05) is 12.1 Å². The Kier molecular flexibility index (Phi) is 4.78. The molecule has 2 rings (SSSR count). The molecule has 0 aliphatic carbocycles. The van der Waals surface area contributed by atoms with E-state index in [2.05, 4.69) is 10.1 Å². The maximum Gasteiger partial charge on any atom is 0.350 e. The van der Waals surface area contributed by atoms with E-state index >= 15 is 0 Å². The number of carbonyl (C=O) groups is 2. The molecule has 0 saturated heterocycles. The van der Waals surface area contributed by atoms with Crippen molar-refractivity contribution in [2.75, 3.05) is 24.8 Å². The van der Waals surface area contributed by atoms with Gasteiger partial charge in [0, 0.05) is 0 Å². The van der Waals surface area contributed by atoms with E-state index in [1.807, 2.05) is 0 Å². The quantitative estimate of drug-likeness (QED) is 0.652. The number of hydrogen-bond acceptors (Lipinski definition) is 6. The van der Waals surface area contributed by atoms with Crippen molar-refractivity contribution in [3.05, 3.63) is 40.6 Å². The summed E-state index contributed by atoms with van der Waals surface area (Å²) in [6, 6.07) is 8.52. The summed E-state index contributed by atoms with van der Waals surface area (Å²) in [6.07, 6.45) is 0. The summed E-state index contributed by atoms with van der Waals surface area (Å²) in [4.78, 5) is 23.7. The van der Waals surface area contributed by atoms with Gasteiger partial charge < -0.3 is 20.5 Å². The van der Waals surface area contributed by atoms with Gasteiger partial charge in [-0.15, -0.1) is 11.3 Å². The summed E-state index contributed by atoms with van der Waals surface area (Å²) in [5, 5.41) is 4.29. The fraction of sp³-hybridized carbons (Fsp3) is 0.143. The van der Waals surface area contributed by atoms with Crippen LogP contribution in [0, 0.1) is 0 Å². The van der Waals surface area contributed by atoms with E-state index in [0.717, 1.165) is 0 Å². The molecule has 3 N–H and O–H groups in total. The summed E-state index contributed by atoms with van der Waals surface area (Å²) in [5.74, 6) is -0.443.